The molecule has 0 aliphatic rings. The highest BCUT2D eigenvalue weighted by atomic mass is 35.5. The van der Waals surface area contributed by atoms with E-state index in [0.717, 1.165) is 95.7 Å². The van der Waals surface area contributed by atoms with Gasteiger partial charge in [-0.15, -0.1) is 0 Å². The first-order chi connectivity index (χ1) is 49.6. The fourth-order valence-corrected chi connectivity index (χ4v) is 11.4. The Morgan fingerprint density at radius 2 is 0.641 bits per heavy atom. The lowest BCUT2D eigenvalue weighted by atomic mass is 10.1. The molecule has 0 amide bonds. The number of H-pyrrole nitrogens is 4. The van der Waals surface area contributed by atoms with Crippen LogP contribution in [0.25, 0.3) is 45.0 Å². The number of aromatic amines is 4. The van der Waals surface area contributed by atoms with E-state index in [9.17, 15) is 23.6 Å². The molecular formula is C76H77Cl2FN16O8. The van der Waals surface area contributed by atoms with Crippen molar-refractivity contribution in [1.29, 1.82) is 0 Å². The first kappa shape index (κ1) is 75.1. The second kappa shape index (κ2) is 35.3. The summed E-state index contributed by atoms with van der Waals surface area (Å²) in [7, 11) is 0. The molecule has 530 valence electrons. The number of anilines is 8. The predicted molar refractivity (Wildman–Crippen MR) is 398 cm³/mol. The van der Waals surface area contributed by atoms with E-state index >= 15 is 0 Å². The molecule has 8 aromatic heterocycles. The van der Waals surface area contributed by atoms with E-state index in [-0.39, 0.29) is 23.7 Å². The number of benzene rings is 4. The molecule has 0 saturated carbocycles. The highest BCUT2D eigenvalue weighted by Crippen LogP contribution is 2.34. The highest BCUT2D eigenvalue weighted by molar-refractivity contribution is 6.31. The fourth-order valence-electron chi connectivity index (χ4n) is 11.1. The Balaban J connectivity index is 0.000000160. The molecule has 8 N–H and O–H groups in total. The molecule has 0 aliphatic heterocycles. The number of nitrogens with zero attached hydrogens (tertiary/aromatic N) is 8. The fraction of sp³-hybridized carbons (Fsp3) is 0.211. The van der Waals surface area contributed by atoms with Gasteiger partial charge in [-0.1, -0.05) is 47.5 Å². The van der Waals surface area contributed by atoms with Gasteiger partial charge in [0.15, 0.2) is 0 Å². The summed E-state index contributed by atoms with van der Waals surface area (Å²) in [6, 6.07) is 37.5. The lowest BCUT2D eigenvalue weighted by molar-refractivity contribution is 0.0510. The van der Waals surface area contributed by atoms with Crippen LogP contribution in [0.5, 0.6) is 0 Å². The predicted octanol–water partition coefficient (Wildman–Crippen LogP) is 17.5. The van der Waals surface area contributed by atoms with E-state index < -0.39 is 5.97 Å². The summed E-state index contributed by atoms with van der Waals surface area (Å²) in [5, 5.41) is 13.8. The van der Waals surface area contributed by atoms with Gasteiger partial charge < -0.3 is 60.2 Å². The molecule has 0 atom stereocenters. The average Bonchev–Trinajstić information content (AvgIpc) is 1.66. The monoisotopic (exact) mass is 1430 g/mol. The largest absolute Gasteiger partial charge is 0.461 e. The Bertz CT molecular complexity index is 4790. The van der Waals surface area contributed by atoms with Crippen LogP contribution in [-0.2, 0) is 18.9 Å². The lowest BCUT2D eigenvalue weighted by Crippen LogP contribution is -2.06. The van der Waals surface area contributed by atoms with Gasteiger partial charge in [-0.25, -0.2) is 63.4 Å². The van der Waals surface area contributed by atoms with E-state index in [0.29, 0.717) is 100 Å². The Labute approximate surface area is 604 Å². The second-order valence-electron chi connectivity index (χ2n) is 22.8. The maximum atomic E-state index is 13.0. The number of hydrogen-bond acceptors (Lipinski definition) is 20. The normalized spacial score (nSPS) is 10.6. The van der Waals surface area contributed by atoms with Crippen molar-refractivity contribution < 1.29 is 42.5 Å². The van der Waals surface area contributed by atoms with Gasteiger partial charge in [-0.3, -0.25) is 0 Å². The average molecular weight is 1430 g/mol. The summed E-state index contributed by atoms with van der Waals surface area (Å²) in [5.41, 5.74) is 17.9. The topological polar surface area (TPSA) is 320 Å². The van der Waals surface area contributed by atoms with E-state index in [2.05, 4.69) is 81.1 Å². The zero-order chi connectivity index (χ0) is 73.9. The quantitative estimate of drug-likeness (QED) is 0.0260. The molecule has 27 heteroatoms. The van der Waals surface area contributed by atoms with E-state index in [4.69, 9.17) is 42.1 Å². The molecule has 0 radical (unpaired) electrons. The molecule has 8 heterocycles. The molecule has 12 rings (SSSR count). The van der Waals surface area contributed by atoms with Crippen molar-refractivity contribution in [3.05, 3.63) is 236 Å². The summed E-state index contributed by atoms with van der Waals surface area (Å²) in [6.07, 6.45) is 6.68. The standard InChI is InChI=1S/2C19H19ClN4O2.C19H19FN4O2.C19H20N4O2/c1-4-26-18(25)17-11(2)16(12(3)22-17)15-9-10-21-19(24-15)23-14-7-5-13(20)6-8-14;1-4-26-18(25)17-11(2)16(12(3)22-17)15-8-9-21-19(24-15)23-14-7-5-6-13(20)10-14;1-4-26-18(25)17-11(2)16(12(3)22-17)15-9-10-21-19(24-15)23-14-7-5-13(20)6-8-14;1-4-25-18(24)17-12(2)16(13(3)21-17)15-10-11-20-19(23-15)22-14-8-6-5-7-9-14/h3*5-10,22H,4H2,1-3H3,(H,21,23,24);5-11,21H,4H2,1-3H3,(H,20,22,23). The van der Waals surface area contributed by atoms with Gasteiger partial charge in [0.25, 0.3) is 0 Å². The minimum Gasteiger partial charge on any atom is -0.461 e. The van der Waals surface area contributed by atoms with E-state index in [1.807, 2.05) is 122 Å². The second-order valence-corrected chi connectivity index (χ2v) is 23.7. The number of hydrogen-bond donors (Lipinski definition) is 8. The Hall–Kier alpha value is -12.1. The molecule has 0 saturated heterocycles. The van der Waals surface area contributed by atoms with Crippen molar-refractivity contribution >= 4 is 93.6 Å². The van der Waals surface area contributed by atoms with Crippen molar-refractivity contribution in [2.24, 2.45) is 0 Å². The lowest BCUT2D eigenvalue weighted by Gasteiger charge is -2.08. The summed E-state index contributed by atoms with van der Waals surface area (Å²) in [5.74, 6) is -0.00358. The van der Waals surface area contributed by atoms with Crippen LogP contribution >= 0.6 is 23.2 Å². The summed E-state index contributed by atoms with van der Waals surface area (Å²) in [6.45, 7) is 23.5. The maximum Gasteiger partial charge on any atom is 0.355 e. The van der Waals surface area contributed by atoms with Crippen LogP contribution in [0.15, 0.2) is 152 Å². The Kier molecular flexibility index (Phi) is 25.7. The van der Waals surface area contributed by atoms with Gasteiger partial charge in [0.2, 0.25) is 23.8 Å². The minimum absolute atomic E-state index is 0.310. The number of para-hydroxylation sites is 1. The zero-order valence-electron chi connectivity index (χ0n) is 58.7. The van der Waals surface area contributed by atoms with Crippen LogP contribution in [0.3, 0.4) is 0 Å². The Morgan fingerprint density at radius 3 is 0.942 bits per heavy atom. The summed E-state index contributed by atoms with van der Waals surface area (Å²) < 4.78 is 33.4. The van der Waals surface area contributed by atoms with Gasteiger partial charge in [-0.05, 0) is 208 Å². The first-order valence-corrected chi connectivity index (χ1v) is 33.5. The van der Waals surface area contributed by atoms with Crippen LogP contribution in [0.1, 0.15) is 115 Å². The van der Waals surface area contributed by atoms with Crippen molar-refractivity contribution in [1.82, 2.24) is 59.8 Å². The first-order valence-electron chi connectivity index (χ1n) is 32.8. The molecular weight excluding hydrogens is 1350 g/mol. The molecule has 0 bridgehead atoms. The van der Waals surface area contributed by atoms with Gasteiger partial charge in [-0.2, -0.15) is 0 Å². The third-order valence-electron chi connectivity index (χ3n) is 15.6. The van der Waals surface area contributed by atoms with Gasteiger partial charge in [0, 0.05) is 103 Å². The number of carbonyl (C=O) groups is 4. The van der Waals surface area contributed by atoms with Crippen LogP contribution in [0, 0.1) is 61.2 Å². The molecule has 0 aliphatic carbocycles. The van der Waals surface area contributed by atoms with Gasteiger partial charge >= 0.3 is 23.9 Å². The van der Waals surface area contributed by atoms with Crippen LogP contribution in [0.2, 0.25) is 10.0 Å². The highest BCUT2D eigenvalue weighted by Gasteiger charge is 2.25. The van der Waals surface area contributed by atoms with Gasteiger partial charge in [0.05, 0.1) is 49.2 Å². The summed E-state index contributed by atoms with van der Waals surface area (Å²) >= 11 is 11.9. The smallest absolute Gasteiger partial charge is 0.355 e. The van der Waals surface area contributed by atoms with Crippen molar-refractivity contribution in [2.45, 2.75) is 83.1 Å². The molecule has 103 heavy (non-hydrogen) atoms. The minimum atomic E-state index is -0.391. The third-order valence-corrected chi connectivity index (χ3v) is 16.1. The number of esters is 4. The number of nitrogens with one attached hydrogen (secondary N) is 8. The van der Waals surface area contributed by atoms with Crippen LogP contribution < -0.4 is 21.3 Å². The number of aryl methyl sites for hydroxylation is 4. The van der Waals surface area contributed by atoms with Crippen LogP contribution in [-0.4, -0.2) is 110 Å². The van der Waals surface area contributed by atoms with E-state index in [1.54, 1.807) is 101 Å². The number of halogens is 3. The maximum absolute atomic E-state index is 13.0. The summed E-state index contributed by atoms with van der Waals surface area (Å²) in [4.78, 5) is 95.9. The molecule has 0 unspecified atom stereocenters. The molecule has 0 spiro atoms. The third kappa shape index (κ3) is 19.3. The van der Waals surface area contributed by atoms with Crippen molar-refractivity contribution in [3.63, 3.8) is 0 Å². The number of rotatable bonds is 20. The molecule has 4 aromatic carbocycles. The Morgan fingerprint density at radius 1 is 0.359 bits per heavy atom. The molecule has 0 fully saturated rings. The zero-order valence-corrected chi connectivity index (χ0v) is 60.3. The SMILES string of the molecule is CCOC(=O)c1[nH]c(C)c(-c2ccnc(Nc3ccc(Cl)cc3)n2)c1C.CCOC(=O)c1[nH]c(C)c(-c2ccnc(Nc3ccc(F)cc3)n2)c1C.CCOC(=O)c1[nH]c(C)c(-c2ccnc(Nc3cccc(Cl)c3)n2)c1C.CCOC(=O)c1[nH]c(C)c(-c2ccnc(Nc3ccccc3)n2)c1C. The number of aromatic nitrogens is 12. The number of ether oxygens (including phenoxy) is 4. The molecule has 12 aromatic rings. The van der Waals surface area contributed by atoms with Crippen molar-refractivity contribution in [3.8, 4) is 45.0 Å². The van der Waals surface area contributed by atoms with Crippen molar-refractivity contribution in [2.75, 3.05) is 47.7 Å². The van der Waals surface area contributed by atoms with E-state index in [1.165, 1.54) is 12.1 Å². The van der Waals surface area contributed by atoms with Crippen LogP contribution in [0.4, 0.5) is 50.9 Å². The van der Waals surface area contributed by atoms with Gasteiger partial charge in [0.1, 0.15) is 28.6 Å². The number of carbonyl (C=O) groups excluding carboxylic acids is 4. The molecule has 24 nitrogen and oxygen atoms in total.